The Bertz CT molecular complexity index is 1280. The Hall–Kier alpha value is -1.93. The van der Waals surface area contributed by atoms with Gasteiger partial charge in [0.25, 0.3) is 0 Å². The molecule has 0 fully saturated rings. The number of allylic oxidation sites excluding steroid dienone is 4. The molecule has 0 saturated heterocycles. The number of fused-ring (bicyclic) bond motifs is 1. The van der Waals surface area contributed by atoms with E-state index >= 15 is 0 Å². The maximum atomic E-state index is 6.43. The average Bonchev–Trinajstić information content (AvgIpc) is 3.59. The summed E-state index contributed by atoms with van der Waals surface area (Å²) in [6.45, 7) is 0. The highest BCUT2D eigenvalue weighted by molar-refractivity contribution is 8.84. The van der Waals surface area contributed by atoms with Gasteiger partial charge in [-0.2, -0.15) is 0 Å². The molecule has 168 valence electrons. The van der Waals surface area contributed by atoms with Gasteiger partial charge in [0.05, 0.1) is 28.9 Å². The summed E-state index contributed by atoms with van der Waals surface area (Å²) in [5.74, 6) is 2.73. The van der Waals surface area contributed by atoms with Gasteiger partial charge in [-0.05, 0) is 95.3 Å². The van der Waals surface area contributed by atoms with Crippen molar-refractivity contribution in [1.29, 1.82) is 0 Å². The van der Waals surface area contributed by atoms with Crippen LogP contribution >= 0.6 is 42.2 Å². The minimum Gasteiger partial charge on any atom is -0.497 e. The van der Waals surface area contributed by atoms with E-state index in [2.05, 4.69) is 36.4 Å². The Labute approximate surface area is 208 Å². The van der Waals surface area contributed by atoms with Crippen molar-refractivity contribution in [2.24, 2.45) is 0 Å². The lowest BCUT2D eigenvalue weighted by molar-refractivity contribution is 0.414. The number of methoxy groups -OCH3 is 2. The highest BCUT2D eigenvalue weighted by Crippen LogP contribution is 2.61. The Balaban J connectivity index is 1.29. The van der Waals surface area contributed by atoms with Gasteiger partial charge in [0.1, 0.15) is 17.3 Å². The Morgan fingerprint density at radius 2 is 1.45 bits per heavy atom. The zero-order valence-electron chi connectivity index (χ0n) is 18.3. The summed E-state index contributed by atoms with van der Waals surface area (Å²) in [6, 6.07) is 16.5. The van der Waals surface area contributed by atoms with Crippen molar-refractivity contribution in [3.05, 3.63) is 92.8 Å². The second-order valence-electron chi connectivity index (χ2n) is 7.91. The molecule has 0 amide bonds. The topological polar surface area (TPSA) is 27.7 Å². The molecular formula is C26H22O3S4. The molecule has 2 aromatic rings. The van der Waals surface area contributed by atoms with E-state index in [-0.39, 0.29) is 9.80 Å². The van der Waals surface area contributed by atoms with E-state index in [0.717, 1.165) is 35.7 Å². The third kappa shape index (κ3) is 3.99. The molecule has 1 unspecified atom stereocenters. The van der Waals surface area contributed by atoms with Crippen molar-refractivity contribution in [2.45, 2.75) is 19.3 Å². The molecule has 0 saturated carbocycles. The molecule has 33 heavy (non-hydrogen) atoms. The highest BCUT2D eigenvalue weighted by Gasteiger charge is 2.35. The fourth-order valence-electron chi connectivity index (χ4n) is 4.23. The van der Waals surface area contributed by atoms with Crippen LogP contribution in [0.2, 0.25) is 0 Å². The number of benzene rings is 2. The summed E-state index contributed by atoms with van der Waals surface area (Å²) in [5.41, 5.74) is 5.35. The predicted molar refractivity (Wildman–Crippen MR) is 146 cm³/mol. The van der Waals surface area contributed by atoms with Crippen LogP contribution in [-0.4, -0.2) is 19.1 Å². The summed E-state index contributed by atoms with van der Waals surface area (Å²) in [7, 11) is 8.81. The first kappa shape index (κ1) is 21.6. The first-order chi connectivity index (χ1) is 16.2. The maximum Gasteiger partial charge on any atom is 0.146 e. The molecule has 4 aliphatic rings. The van der Waals surface area contributed by atoms with E-state index in [4.69, 9.17) is 13.7 Å². The first-order valence-electron chi connectivity index (χ1n) is 10.7. The van der Waals surface area contributed by atoms with Crippen molar-refractivity contribution in [3.63, 3.8) is 0 Å². The number of ether oxygens (including phenoxy) is 2. The van der Waals surface area contributed by atoms with Crippen molar-refractivity contribution in [1.82, 2.24) is 0 Å². The van der Waals surface area contributed by atoms with E-state index in [1.165, 1.54) is 42.7 Å². The van der Waals surface area contributed by atoms with Crippen LogP contribution < -0.4 is 9.47 Å². The summed E-state index contributed by atoms with van der Waals surface area (Å²) in [4.78, 5) is 5.55. The normalized spacial score (nSPS) is 23.7. The van der Waals surface area contributed by atoms with Crippen LogP contribution in [0.5, 0.6) is 11.5 Å². The molecular weight excluding hydrogens is 489 g/mol. The molecule has 0 N–H and O–H groups in total. The summed E-state index contributed by atoms with van der Waals surface area (Å²) >= 11 is 0. The minimum absolute atomic E-state index is 0.244. The summed E-state index contributed by atoms with van der Waals surface area (Å²) < 4.78 is 17.0. The van der Waals surface area contributed by atoms with Crippen molar-refractivity contribution in [2.75, 3.05) is 14.2 Å². The fraction of sp³-hybridized carbons (Fsp3) is 0.192. The molecule has 3 nitrogen and oxygen atoms in total. The highest BCUT2D eigenvalue weighted by atomic mass is 33.1. The predicted octanol–water partition coefficient (Wildman–Crippen LogP) is 8.22. The summed E-state index contributed by atoms with van der Waals surface area (Å²) in [6.07, 6.45) is 8.11. The lowest BCUT2D eigenvalue weighted by Gasteiger charge is -2.19. The molecule has 2 aromatic carbocycles. The van der Waals surface area contributed by atoms with Gasteiger partial charge in [-0.25, -0.2) is 0 Å². The third-order valence-corrected chi connectivity index (χ3v) is 12.0. The monoisotopic (exact) mass is 510 g/mol. The average molecular weight is 511 g/mol. The van der Waals surface area contributed by atoms with Gasteiger partial charge in [0, 0.05) is 20.3 Å². The van der Waals surface area contributed by atoms with E-state index < -0.39 is 0 Å². The molecule has 1 atom stereocenters. The number of rotatable bonds is 4. The van der Waals surface area contributed by atoms with E-state index in [0.29, 0.717) is 0 Å². The van der Waals surface area contributed by atoms with Gasteiger partial charge in [-0.1, -0.05) is 33.7 Å². The zero-order valence-corrected chi connectivity index (χ0v) is 21.5. The number of hydrogen-bond acceptors (Lipinski definition) is 6. The maximum absolute atomic E-state index is 6.43. The van der Waals surface area contributed by atoms with Gasteiger partial charge in [-0.15, -0.1) is 0 Å². The molecule has 7 heteroatoms. The molecule has 3 heterocycles. The Kier molecular flexibility index (Phi) is 5.90. The molecule has 0 aromatic heterocycles. The van der Waals surface area contributed by atoms with Gasteiger partial charge in [-0.3, -0.25) is 0 Å². The lowest BCUT2D eigenvalue weighted by Crippen LogP contribution is -2.05. The van der Waals surface area contributed by atoms with E-state index in [1.54, 1.807) is 14.2 Å². The van der Waals surface area contributed by atoms with Gasteiger partial charge < -0.3 is 13.7 Å². The van der Waals surface area contributed by atoms with Gasteiger partial charge in [0.15, 0.2) is 0 Å². The van der Waals surface area contributed by atoms with Gasteiger partial charge in [0.2, 0.25) is 0 Å². The van der Waals surface area contributed by atoms with Gasteiger partial charge >= 0.3 is 0 Å². The molecule has 6 rings (SSSR count). The fourth-order valence-corrected chi connectivity index (χ4v) is 10.9. The largest absolute Gasteiger partial charge is 0.497 e. The van der Waals surface area contributed by atoms with Crippen LogP contribution in [-0.2, 0) is 4.18 Å². The minimum atomic E-state index is -0.244. The second kappa shape index (κ2) is 9.02. The Morgan fingerprint density at radius 1 is 0.788 bits per heavy atom. The quantitative estimate of drug-likeness (QED) is 0.304. The zero-order chi connectivity index (χ0) is 22.4. The van der Waals surface area contributed by atoms with Crippen LogP contribution in [0.1, 0.15) is 30.4 Å². The molecule has 0 radical (unpaired) electrons. The van der Waals surface area contributed by atoms with Crippen molar-refractivity contribution in [3.8, 4) is 11.5 Å². The Morgan fingerprint density at radius 3 is 2.15 bits per heavy atom. The van der Waals surface area contributed by atoms with Crippen LogP contribution in [0.3, 0.4) is 0 Å². The van der Waals surface area contributed by atoms with Crippen LogP contribution in [0, 0.1) is 0 Å². The van der Waals surface area contributed by atoms with Crippen LogP contribution in [0.4, 0.5) is 0 Å². The smallest absolute Gasteiger partial charge is 0.146 e. The van der Waals surface area contributed by atoms with Crippen molar-refractivity contribution < 1.29 is 13.7 Å². The van der Waals surface area contributed by atoms with Crippen LogP contribution in [0.25, 0.3) is 10.7 Å². The third-order valence-electron chi connectivity index (χ3n) is 6.00. The van der Waals surface area contributed by atoms with Crippen LogP contribution in [0.15, 0.2) is 81.6 Å². The second-order valence-corrected chi connectivity index (χ2v) is 13.2. The SMILES string of the molecule is COc1ccc(C2=CC3=S(O2)SC2=C3CCC/C2=C2\C=C(c3ccc(OC)cc3)SS2)cc1. The molecule has 3 aliphatic heterocycles. The summed E-state index contributed by atoms with van der Waals surface area (Å²) in [5, 5.41) is 0. The van der Waals surface area contributed by atoms with E-state index in [1.807, 2.05) is 56.6 Å². The molecule has 1 aliphatic carbocycles. The standard InChI is InChI=1S/C26H22O3S4/c1-27-18-10-6-16(7-11-18)22-14-25-21-5-3-4-20(26(21)32-33(25)29-22)24-15-23(30-31-24)17-8-12-19(28-2)13-9-17/h6-15H,3-5H2,1-2H3/b24-20-. The first-order valence-corrected chi connectivity index (χ1v) is 15.4. The number of hydrogen-bond donors (Lipinski definition) is 0. The molecule has 0 bridgehead atoms. The molecule has 0 spiro atoms. The van der Waals surface area contributed by atoms with Crippen molar-refractivity contribution >= 4 is 57.7 Å². The lowest BCUT2D eigenvalue weighted by atomic mass is 9.92. The van der Waals surface area contributed by atoms with E-state index in [9.17, 15) is 0 Å².